The molecular weight excluding hydrogens is 417 g/mol. The first-order chi connectivity index (χ1) is 13.9. The van der Waals surface area contributed by atoms with E-state index in [1.807, 2.05) is 12.1 Å². The average molecular weight is 440 g/mol. The summed E-state index contributed by atoms with van der Waals surface area (Å²) in [5.74, 6) is -5.26. The number of piperazine rings is 1. The summed E-state index contributed by atoms with van der Waals surface area (Å²) in [4.78, 5) is 13.3. The Balaban J connectivity index is 1.71. The number of sulfonamides is 1. The zero-order valence-corrected chi connectivity index (χ0v) is 17.8. The summed E-state index contributed by atoms with van der Waals surface area (Å²) < 4.78 is 66.8. The molecule has 1 saturated heterocycles. The molecule has 1 amide bonds. The van der Waals surface area contributed by atoms with Gasteiger partial charge in [-0.15, -0.1) is 0 Å². The largest absolute Gasteiger partial charge is 0.336 e. The van der Waals surface area contributed by atoms with Gasteiger partial charge in [0.15, 0.2) is 17.5 Å². The Morgan fingerprint density at radius 2 is 1.43 bits per heavy atom. The van der Waals surface area contributed by atoms with Gasteiger partial charge in [-0.25, -0.2) is 21.6 Å². The molecule has 0 atom stereocenters. The lowest BCUT2D eigenvalue weighted by atomic mass is 9.86. The molecule has 1 aliphatic heterocycles. The van der Waals surface area contributed by atoms with Gasteiger partial charge in [0.2, 0.25) is 10.0 Å². The second kappa shape index (κ2) is 8.03. The number of carbonyl (C=O) groups excluding carboxylic acids is 1. The number of amides is 1. The third-order valence-electron chi connectivity index (χ3n) is 5.14. The van der Waals surface area contributed by atoms with Crippen LogP contribution in [-0.4, -0.2) is 49.7 Å². The van der Waals surface area contributed by atoms with E-state index in [9.17, 15) is 26.4 Å². The van der Waals surface area contributed by atoms with Crippen LogP contribution in [0.2, 0.25) is 0 Å². The summed E-state index contributed by atoms with van der Waals surface area (Å²) in [7, 11) is -4.35. The molecule has 1 fully saturated rings. The average Bonchev–Trinajstić information content (AvgIpc) is 2.71. The fourth-order valence-electron chi connectivity index (χ4n) is 3.27. The maximum absolute atomic E-state index is 14.0. The number of hydrogen-bond donors (Lipinski definition) is 0. The smallest absolute Gasteiger partial charge is 0.253 e. The number of hydrogen-bond acceptors (Lipinski definition) is 3. The quantitative estimate of drug-likeness (QED) is 0.686. The molecule has 3 rings (SSSR count). The Morgan fingerprint density at radius 1 is 0.867 bits per heavy atom. The predicted molar refractivity (Wildman–Crippen MR) is 106 cm³/mol. The summed E-state index contributed by atoms with van der Waals surface area (Å²) in [5, 5.41) is 0. The summed E-state index contributed by atoms with van der Waals surface area (Å²) in [6.07, 6.45) is 0. The van der Waals surface area contributed by atoms with E-state index < -0.39 is 32.4 Å². The summed E-state index contributed by atoms with van der Waals surface area (Å²) in [5.41, 5.74) is 1.53. The van der Waals surface area contributed by atoms with E-state index >= 15 is 0 Å². The van der Waals surface area contributed by atoms with Crippen molar-refractivity contribution in [2.75, 3.05) is 26.2 Å². The molecule has 2 aromatic carbocycles. The van der Waals surface area contributed by atoms with Crippen molar-refractivity contribution in [2.45, 2.75) is 31.1 Å². The number of benzene rings is 2. The highest BCUT2D eigenvalue weighted by Crippen LogP contribution is 2.25. The number of nitrogens with zero attached hydrogens (tertiary/aromatic N) is 2. The van der Waals surface area contributed by atoms with E-state index in [2.05, 4.69) is 20.8 Å². The van der Waals surface area contributed by atoms with E-state index in [1.54, 1.807) is 12.1 Å². The Labute approximate surface area is 174 Å². The van der Waals surface area contributed by atoms with Crippen molar-refractivity contribution in [3.63, 3.8) is 0 Å². The van der Waals surface area contributed by atoms with Crippen molar-refractivity contribution in [1.82, 2.24) is 9.21 Å². The molecule has 0 radical (unpaired) electrons. The van der Waals surface area contributed by atoms with E-state index in [4.69, 9.17) is 0 Å². The minimum atomic E-state index is -4.35. The second-order valence-electron chi connectivity index (χ2n) is 8.20. The van der Waals surface area contributed by atoms with Gasteiger partial charge in [-0.3, -0.25) is 4.79 Å². The van der Waals surface area contributed by atoms with E-state index in [1.165, 1.54) is 4.90 Å². The minimum absolute atomic E-state index is 0.0450. The van der Waals surface area contributed by atoms with Crippen molar-refractivity contribution >= 4 is 15.9 Å². The highest BCUT2D eigenvalue weighted by Gasteiger charge is 2.33. The Bertz CT molecular complexity index is 1060. The van der Waals surface area contributed by atoms with Crippen molar-refractivity contribution < 1.29 is 26.4 Å². The van der Waals surface area contributed by atoms with Crippen LogP contribution in [0.3, 0.4) is 0 Å². The van der Waals surface area contributed by atoms with Crippen LogP contribution >= 0.6 is 0 Å². The maximum Gasteiger partial charge on any atom is 0.253 e. The molecule has 5 nitrogen and oxygen atoms in total. The van der Waals surface area contributed by atoms with Crippen LogP contribution in [0, 0.1) is 17.5 Å². The SMILES string of the molecule is CC(C)(C)c1ccc(C(=O)N2CCN(S(=O)(=O)c3ccc(F)c(F)c3F)CC2)cc1. The lowest BCUT2D eigenvalue weighted by Gasteiger charge is -2.34. The normalized spacial score (nSPS) is 16.0. The first-order valence-corrected chi connectivity index (χ1v) is 10.9. The van der Waals surface area contributed by atoms with Gasteiger partial charge in [0.25, 0.3) is 5.91 Å². The van der Waals surface area contributed by atoms with Crippen LogP contribution in [0.4, 0.5) is 13.2 Å². The number of carbonyl (C=O) groups is 1. The Kier molecular flexibility index (Phi) is 5.97. The summed E-state index contributed by atoms with van der Waals surface area (Å²) in [6, 6.07) is 8.54. The molecule has 0 aliphatic carbocycles. The van der Waals surface area contributed by atoms with Gasteiger partial charge in [-0.2, -0.15) is 4.31 Å². The van der Waals surface area contributed by atoms with Crippen molar-refractivity contribution in [2.24, 2.45) is 0 Å². The fraction of sp³-hybridized carbons (Fsp3) is 0.381. The molecule has 162 valence electrons. The second-order valence-corrected chi connectivity index (χ2v) is 10.1. The molecule has 9 heteroatoms. The van der Waals surface area contributed by atoms with Gasteiger partial charge >= 0.3 is 0 Å². The van der Waals surface area contributed by atoms with Crippen molar-refractivity contribution in [3.8, 4) is 0 Å². The molecule has 30 heavy (non-hydrogen) atoms. The third kappa shape index (κ3) is 4.22. The van der Waals surface area contributed by atoms with Gasteiger partial charge in [0.1, 0.15) is 4.90 Å². The first kappa shape index (κ1) is 22.3. The number of rotatable bonds is 3. The van der Waals surface area contributed by atoms with Crippen LogP contribution in [0.1, 0.15) is 36.7 Å². The van der Waals surface area contributed by atoms with Crippen LogP contribution in [0.15, 0.2) is 41.3 Å². The topological polar surface area (TPSA) is 57.7 Å². The molecular formula is C21H23F3N2O3S. The van der Waals surface area contributed by atoms with Gasteiger partial charge < -0.3 is 4.90 Å². The lowest BCUT2D eigenvalue weighted by molar-refractivity contribution is 0.0697. The minimum Gasteiger partial charge on any atom is -0.336 e. The predicted octanol–water partition coefficient (Wildman–Crippen LogP) is 3.55. The number of halogens is 3. The molecule has 1 heterocycles. The monoisotopic (exact) mass is 440 g/mol. The molecule has 0 bridgehead atoms. The zero-order valence-electron chi connectivity index (χ0n) is 17.0. The third-order valence-corrected chi connectivity index (χ3v) is 7.06. The molecule has 0 spiro atoms. The van der Waals surface area contributed by atoms with E-state index in [-0.39, 0.29) is 37.5 Å². The van der Waals surface area contributed by atoms with Gasteiger partial charge in [-0.05, 0) is 35.2 Å². The molecule has 0 N–H and O–H groups in total. The van der Waals surface area contributed by atoms with Gasteiger partial charge in [0.05, 0.1) is 0 Å². The van der Waals surface area contributed by atoms with Gasteiger partial charge in [0, 0.05) is 31.7 Å². The van der Waals surface area contributed by atoms with Crippen molar-refractivity contribution in [1.29, 1.82) is 0 Å². The first-order valence-electron chi connectivity index (χ1n) is 9.46. The highest BCUT2D eigenvalue weighted by molar-refractivity contribution is 7.89. The van der Waals surface area contributed by atoms with Crippen LogP contribution in [0.25, 0.3) is 0 Å². The Hall–Kier alpha value is -2.39. The molecule has 1 aliphatic rings. The van der Waals surface area contributed by atoms with Crippen LogP contribution in [0.5, 0.6) is 0 Å². The van der Waals surface area contributed by atoms with E-state index in [0.717, 1.165) is 9.87 Å². The lowest BCUT2D eigenvalue weighted by Crippen LogP contribution is -2.50. The Morgan fingerprint density at radius 3 is 1.97 bits per heavy atom. The zero-order chi connectivity index (χ0) is 22.3. The van der Waals surface area contributed by atoms with Crippen LogP contribution in [-0.2, 0) is 15.4 Å². The summed E-state index contributed by atoms with van der Waals surface area (Å²) >= 11 is 0. The molecule has 0 saturated carbocycles. The van der Waals surface area contributed by atoms with Gasteiger partial charge in [-0.1, -0.05) is 32.9 Å². The summed E-state index contributed by atoms with van der Waals surface area (Å²) in [6.45, 7) is 6.26. The van der Waals surface area contributed by atoms with Crippen LogP contribution < -0.4 is 0 Å². The standard InChI is InChI=1S/C21H23F3N2O3S/c1-21(2,3)15-6-4-14(5-7-15)20(27)25-10-12-26(13-11-25)30(28,29)17-9-8-16(22)18(23)19(17)24/h4-9H,10-13H2,1-3H3. The highest BCUT2D eigenvalue weighted by atomic mass is 32.2. The fourth-order valence-corrected chi connectivity index (χ4v) is 4.75. The molecule has 0 unspecified atom stereocenters. The van der Waals surface area contributed by atoms with Crippen molar-refractivity contribution in [3.05, 3.63) is 65.0 Å². The molecule has 2 aromatic rings. The van der Waals surface area contributed by atoms with E-state index in [0.29, 0.717) is 17.7 Å². The molecule has 0 aromatic heterocycles. The maximum atomic E-state index is 14.0.